The van der Waals surface area contributed by atoms with Crippen LogP contribution >= 0.6 is 27.3 Å². The highest BCUT2D eigenvalue weighted by molar-refractivity contribution is 9.10. The van der Waals surface area contributed by atoms with E-state index in [2.05, 4.69) is 62.0 Å². The van der Waals surface area contributed by atoms with Crippen LogP contribution in [-0.2, 0) is 0 Å². The van der Waals surface area contributed by atoms with Gasteiger partial charge in [0.2, 0.25) is 0 Å². The minimum absolute atomic E-state index is 0.0128. The largest absolute Gasteiger partial charge is 0.369 e. The van der Waals surface area contributed by atoms with Gasteiger partial charge < -0.3 is 10.2 Å². The van der Waals surface area contributed by atoms with Crippen molar-refractivity contribution in [3.8, 4) is 11.3 Å². The average molecular weight is 567 g/mol. The molecule has 5 rings (SSSR count). The molecule has 8 heteroatoms. The minimum atomic E-state index is -0.0128. The van der Waals surface area contributed by atoms with Crippen LogP contribution in [0, 0.1) is 13.8 Å². The third-order valence-corrected chi connectivity index (χ3v) is 8.76. The van der Waals surface area contributed by atoms with Crippen LogP contribution in [0.15, 0.2) is 58.6 Å². The highest BCUT2D eigenvalue weighted by Crippen LogP contribution is 2.29. The van der Waals surface area contributed by atoms with Gasteiger partial charge >= 0.3 is 0 Å². The number of nitrogens with zero attached hydrogens (tertiary/aromatic N) is 4. The van der Waals surface area contributed by atoms with E-state index in [-0.39, 0.29) is 5.91 Å². The first-order valence-electron chi connectivity index (χ1n) is 12.5. The van der Waals surface area contributed by atoms with E-state index >= 15 is 0 Å². The van der Waals surface area contributed by atoms with Gasteiger partial charge in [0.1, 0.15) is 0 Å². The number of fused-ring (bicyclic) bond motifs is 1. The van der Waals surface area contributed by atoms with Gasteiger partial charge in [0.05, 0.1) is 5.69 Å². The van der Waals surface area contributed by atoms with Gasteiger partial charge in [0.25, 0.3) is 5.91 Å². The second-order valence-electron chi connectivity index (χ2n) is 9.40. The van der Waals surface area contributed by atoms with E-state index in [1.54, 1.807) is 11.3 Å². The predicted molar refractivity (Wildman–Crippen MR) is 152 cm³/mol. The predicted octanol–water partition coefficient (Wildman–Crippen LogP) is 5.77. The molecule has 0 aliphatic carbocycles. The zero-order valence-corrected chi connectivity index (χ0v) is 23.2. The fourth-order valence-corrected chi connectivity index (χ4v) is 5.88. The molecule has 0 unspecified atom stereocenters. The van der Waals surface area contributed by atoms with Crippen molar-refractivity contribution in [1.82, 2.24) is 19.6 Å². The highest BCUT2D eigenvalue weighted by Gasteiger charge is 2.19. The van der Waals surface area contributed by atoms with Crippen molar-refractivity contribution in [3.05, 3.63) is 75.3 Å². The second kappa shape index (κ2) is 11.2. The van der Waals surface area contributed by atoms with E-state index in [0.717, 1.165) is 61.8 Å². The number of thiazole rings is 1. The number of imidazole rings is 1. The van der Waals surface area contributed by atoms with Crippen LogP contribution in [0.1, 0.15) is 34.3 Å². The van der Waals surface area contributed by atoms with Crippen LogP contribution in [0.3, 0.4) is 0 Å². The lowest BCUT2D eigenvalue weighted by molar-refractivity contribution is 0.0952. The summed E-state index contributed by atoms with van der Waals surface area (Å²) in [6.45, 7) is 10.5. The number of hydrogen-bond acceptors (Lipinski definition) is 5. The summed E-state index contributed by atoms with van der Waals surface area (Å²) in [5, 5.41) is 5.09. The number of aromatic nitrogens is 2. The van der Waals surface area contributed by atoms with Crippen LogP contribution in [0.25, 0.3) is 16.2 Å². The molecule has 0 bridgehead atoms. The highest BCUT2D eigenvalue weighted by atomic mass is 79.9. The first-order valence-corrected chi connectivity index (χ1v) is 14.2. The SMILES string of the molecule is Cc1c(Br)ccc(N2CCN(CCCCNC(=O)c3ccc(-c4cn5ccsc5n4)cc3)CC2)c1C. The van der Waals surface area contributed by atoms with E-state index < -0.39 is 0 Å². The fourth-order valence-electron chi connectivity index (χ4n) is 4.75. The van der Waals surface area contributed by atoms with Crippen molar-refractivity contribution in [2.75, 3.05) is 44.2 Å². The lowest BCUT2D eigenvalue weighted by atomic mass is 10.1. The second-order valence-corrected chi connectivity index (χ2v) is 11.1. The molecular weight excluding hydrogens is 534 g/mol. The van der Waals surface area contributed by atoms with Crippen molar-refractivity contribution in [2.45, 2.75) is 26.7 Å². The van der Waals surface area contributed by atoms with Crippen molar-refractivity contribution < 1.29 is 4.79 Å². The van der Waals surface area contributed by atoms with Gasteiger partial charge in [-0.25, -0.2) is 4.98 Å². The van der Waals surface area contributed by atoms with Crippen molar-refractivity contribution in [3.63, 3.8) is 0 Å². The first kappa shape index (κ1) is 25.0. The summed E-state index contributed by atoms with van der Waals surface area (Å²) < 4.78 is 3.20. The van der Waals surface area contributed by atoms with Crippen LogP contribution < -0.4 is 10.2 Å². The molecule has 1 N–H and O–H groups in total. The summed E-state index contributed by atoms with van der Waals surface area (Å²) in [6.07, 6.45) is 6.10. The maximum atomic E-state index is 12.6. The van der Waals surface area contributed by atoms with E-state index in [1.807, 2.05) is 46.4 Å². The molecule has 1 aliphatic heterocycles. The number of anilines is 1. The van der Waals surface area contributed by atoms with E-state index in [1.165, 1.54) is 21.3 Å². The summed E-state index contributed by atoms with van der Waals surface area (Å²) in [5.74, 6) is -0.0128. The number of hydrogen-bond donors (Lipinski definition) is 1. The molecule has 1 amide bonds. The number of halogens is 1. The quantitative estimate of drug-likeness (QED) is 0.275. The maximum Gasteiger partial charge on any atom is 0.251 e. The molecule has 1 saturated heterocycles. The van der Waals surface area contributed by atoms with Crippen LogP contribution in [-0.4, -0.2) is 59.5 Å². The van der Waals surface area contributed by atoms with Gasteiger partial charge in [-0.05, 0) is 68.6 Å². The van der Waals surface area contributed by atoms with E-state index in [4.69, 9.17) is 0 Å². The van der Waals surface area contributed by atoms with Crippen molar-refractivity contribution in [2.24, 2.45) is 0 Å². The van der Waals surface area contributed by atoms with E-state index in [9.17, 15) is 4.79 Å². The molecule has 2 aromatic heterocycles. The summed E-state index contributed by atoms with van der Waals surface area (Å²) in [7, 11) is 0. The number of piperazine rings is 1. The number of rotatable bonds is 8. The molecule has 0 saturated carbocycles. The Morgan fingerprint density at radius 3 is 2.56 bits per heavy atom. The van der Waals surface area contributed by atoms with Crippen molar-refractivity contribution in [1.29, 1.82) is 0 Å². The molecule has 1 fully saturated rings. The molecule has 3 heterocycles. The van der Waals surface area contributed by atoms with Crippen LogP contribution in [0.2, 0.25) is 0 Å². The number of unbranched alkanes of at least 4 members (excludes halogenated alkanes) is 1. The average Bonchev–Trinajstić information content (AvgIpc) is 3.51. The molecular formula is C28H32BrN5OS. The molecule has 188 valence electrons. The van der Waals surface area contributed by atoms with Gasteiger partial charge in [-0.1, -0.05) is 28.1 Å². The molecule has 1 aliphatic rings. The number of carbonyl (C=O) groups is 1. The van der Waals surface area contributed by atoms with Crippen LogP contribution in [0.5, 0.6) is 0 Å². The molecule has 2 aromatic carbocycles. The summed E-state index contributed by atoms with van der Waals surface area (Å²) in [5.41, 5.74) is 6.69. The third-order valence-electron chi connectivity index (χ3n) is 7.13. The van der Waals surface area contributed by atoms with Gasteiger partial charge in [-0.2, -0.15) is 0 Å². The van der Waals surface area contributed by atoms with Crippen LogP contribution in [0.4, 0.5) is 5.69 Å². The Labute approximate surface area is 225 Å². The van der Waals surface area contributed by atoms with Crippen molar-refractivity contribution >= 4 is 43.8 Å². The Balaban J connectivity index is 1.01. The summed E-state index contributed by atoms with van der Waals surface area (Å²) in [4.78, 5) is 23.2. The molecule has 6 nitrogen and oxygen atoms in total. The van der Waals surface area contributed by atoms with Gasteiger partial charge in [-0.15, -0.1) is 11.3 Å². The Morgan fingerprint density at radius 2 is 1.81 bits per heavy atom. The van der Waals surface area contributed by atoms with E-state index in [0.29, 0.717) is 12.1 Å². The Kier molecular flexibility index (Phi) is 7.74. The minimum Gasteiger partial charge on any atom is -0.369 e. The smallest absolute Gasteiger partial charge is 0.251 e. The number of nitrogens with one attached hydrogen (secondary N) is 1. The molecule has 0 radical (unpaired) electrons. The first-order chi connectivity index (χ1) is 17.5. The number of benzene rings is 2. The molecule has 0 spiro atoms. The lowest BCUT2D eigenvalue weighted by Gasteiger charge is -2.37. The maximum absolute atomic E-state index is 12.6. The zero-order valence-electron chi connectivity index (χ0n) is 20.8. The Bertz CT molecular complexity index is 1310. The molecule has 36 heavy (non-hydrogen) atoms. The fraction of sp³-hybridized carbons (Fsp3) is 0.357. The zero-order chi connectivity index (χ0) is 25.1. The Morgan fingerprint density at radius 1 is 1.03 bits per heavy atom. The van der Waals surface area contributed by atoms with Gasteiger partial charge in [0.15, 0.2) is 4.96 Å². The molecule has 4 aromatic rings. The standard InChI is InChI=1S/C28H32BrN5OS/c1-20-21(2)26(10-9-24(20)29)33-15-13-32(14-16-33)12-4-3-11-30-27(35)23-7-5-22(6-8-23)25-19-34-17-18-36-28(34)31-25/h5-10,17-19H,3-4,11-16H2,1-2H3,(H,30,35). The topological polar surface area (TPSA) is 52.9 Å². The number of amides is 1. The number of carbonyl (C=O) groups excluding carboxylic acids is 1. The third kappa shape index (κ3) is 5.51. The van der Waals surface area contributed by atoms with Gasteiger partial charge in [0, 0.05) is 71.8 Å². The molecule has 0 atom stereocenters. The summed E-state index contributed by atoms with van der Waals surface area (Å²) in [6, 6.07) is 12.1. The lowest BCUT2D eigenvalue weighted by Crippen LogP contribution is -2.47. The normalized spacial score (nSPS) is 14.5. The Hall–Kier alpha value is -2.68. The monoisotopic (exact) mass is 565 g/mol. The van der Waals surface area contributed by atoms with Gasteiger partial charge in [-0.3, -0.25) is 14.1 Å². The summed E-state index contributed by atoms with van der Waals surface area (Å²) >= 11 is 5.25.